The first kappa shape index (κ1) is 20.5. The Morgan fingerprint density at radius 1 is 1.16 bits per heavy atom. The van der Waals surface area contributed by atoms with Crippen LogP contribution in [0.15, 0.2) is 48.5 Å². The molecule has 2 aromatic rings. The van der Waals surface area contributed by atoms with Crippen LogP contribution < -0.4 is 10.6 Å². The molecule has 0 spiro atoms. The normalized spacial score (nSPS) is 10.3. The van der Waals surface area contributed by atoms with Gasteiger partial charge >= 0.3 is 12.2 Å². The van der Waals surface area contributed by atoms with Gasteiger partial charge in [0.2, 0.25) is 0 Å². The third-order valence-corrected chi connectivity index (χ3v) is 2.92. The van der Waals surface area contributed by atoms with E-state index >= 15 is 0 Å². The van der Waals surface area contributed by atoms with Crippen LogP contribution in [0.25, 0.3) is 0 Å². The van der Waals surface area contributed by atoms with Crippen LogP contribution >= 0.6 is 11.6 Å². The van der Waals surface area contributed by atoms with E-state index in [9.17, 15) is 22.8 Å². The summed E-state index contributed by atoms with van der Waals surface area (Å²) >= 11 is 5.79. The predicted octanol–water partition coefficient (Wildman–Crippen LogP) is 5.04. The molecule has 0 bridgehead atoms. The van der Waals surface area contributed by atoms with Gasteiger partial charge in [0.15, 0.2) is 6.29 Å². The van der Waals surface area contributed by atoms with E-state index in [2.05, 4.69) is 10.6 Å². The van der Waals surface area contributed by atoms with Crippen LogP contribution in [0, 0.1) is 0 Å². The maximum Gasteiger partial charge on any atom is 0.386 e. The minimum absolute atomic E-state index is 0.188. The second kappa shape index (κ2) is 9.68. The van der Waals surface area contributed by atoms with Gasteiger partial charge in [0.25, 0.3) is 0 Å². The third-order valence-electron chi connectivity index (χ3n) is 2.68. The number of benzene rings is 2. The van der Waals surface area contributed by atoms with E-state index in [4.69, 9.17) is 11.6 Å². The number of alkyl halides is 3. The highest BCUT2D eigenvalue weighted by Gasteiger charge is 2.15. The van der Waals surface area contributed by atoms with E-state index in [0.29, 0.717) is 29.1 Å². The smallest absolute Gasteiger partial charge is 0.334 e. The van der Waals surface area contributed by atoms with E-state index in [1.165, 1.54) is 6.07 Å². The lowest BCUT2D eigenvalue weighted by Crippen LogP contribution is -2.28. The number of aldehydes is 1. The summed E-state index contributed by atoms with van der Waals surface area (Å²) in [6.07, 6.45) is -3.35. The van der Waals surface area contributed by atoms with Crippen LogP contribution in [0.1, 0.15) is 22.8 Å². The Kier molecular flexibility index (Phi) is 7.94. The molecule has 0 saturated carbocycles. The van der Waals surface area contributed by atoms with Gasteiger partial charge in [-0.3, -0.25) is 4.79 Å². The molecule has 0 aliphatic rings. The molecule has 25 heavy (non-hydrogen) atoms. The molecular formula is C17H16ClF3N2O2. The molecule has 0 saturated heterocycles. The fourth-order valence-electron chi connectivity index (χ4n) is 1.69. The van der Waals surface area contributed by atoms with E-state index < -0.39 is 6.18 Å². The predicted molar refractivity (Wildman–Crippen MR) is 90.9 cm³/mol. The Morgan fingerprint density at radius 3 is 2.32 bits per heavy atom. The molecule has 0 aliphatic carbocycles. The largest absolute Gasteiger partial charge is 0.386 e. The first-order valence-electron chi connectivity index (χ1n) is 7.09. The zero-order chi connectivity index (χ0) is 18.9. The molecule has 0 radical (unpaired) electrons. The van der Waals surface area contributed by atoms with Gasteiger partial charge in [-0.1, -0.05) is 41.9 Å². The van der Waals surface area contributed by atoms with Gasteiger partial charge < -0.3 is 10.6 Å². The summed E-state index contributed by atoms with van der Waals surface area (Å²) in [7, 11) is 0. The lowest BCUT2D eigenvalue weighted by Gasteiger charge is -2.09. The fourth-order valence-corrected chi connectivity index (χ4v) is 1.87. The van der Waals surface area contributed by atoms with Gasteiger partial charge in [0, 0.05) is 24.1 Å². The van der Waals surface area contributed by atoms with Crippen molar-refractivity contribution >= 4 is 29.6 Å². The van der Waals surface area contributed by atoms with Crippen LogP contribution in [0.4, 0.5) is 23.7 Å². The quantitative estimate of drug-likeness (QED) is 0.738. The Morgan fingerprint density at radius 2 is 1.76 bits per heavy atom. The number of carbonyl (C=O) groups is 2. The Balaban J connectivity index is 0.000000550. The van der Waals surface area contributed by atoms with Gasteiger partial charge in [-0.15, -0.1) is 0 Å². The van der Waals surface area contributed by atoms with Crippen molar-refractivity contribution in [2.75, 3.05) is 5.32 Å². The van der Waals surface area contributed by atoms with Gasteiger partial charge in [-0.25, -0.2) is 4.79 Å². The van der Waals surface area contributed by atoms with Crippen LogP contribution in [0.2, 0.25) is 5.02 Å². The minimum atomic E-state index is -4.00. The third kappa shape index (κ3) is 9.36. The van der Waals surface area contributed by atoms with Crippen molar-refractivity contribution in [2.45, 2.75) is 19.6 Å². The summed E-state index contributed by atoms with van der Waals surface area (Å²) in [5, 5.41) is 5.78. The Hall–Kier alpha value is -2.54. The highest BCUT2D eigenvalue weighted by atomic mass is 35.5. The topological polar surface area (TPSA) is 58.2 Å². The minimum Gasteiger partial charge on any atom is -0.334 e. The zero-order valence-electron chi connectivity index (χ0n) is 13.2. The SMILES string of the molecule is CC(F)(F)F.O=Cc1cc(Cl)ccc1NC(=O)NCc1ccccc1. The molecule has 4 nitrogen and oxygen atoms in total. The summed E-state index contributed by atoms with van der Waals surface area (Å²) in [5.41, 5.74) is 1.76. The standard InChI is InChI=1S/C15H13ClN2O2.C2H3F3/c16-13-6-7-14(12(8-13)10-19)18-15(20)17-9-11-4-2-1-3-5-11;1-2(3,4)5/h1-8,10H,9H2,(H2,17,18,20);1H3. The molecule has 0 atom stereocenters. The maximum absolute atomic E-state index is 11.8. The number of hydrogen-bond acceptors (Lipinski definition) is 2. The van der Waals surface area contributed by atoms with Gasteiger partial charge in [0.05, 0.1) is 5.69 Å². The van der Waals surface area contributed by atoms with E-state index in [0.717, 1.165) is 5.56 Å². The van der Waals surface area contributed by atoms with Crippen molar-refractivity contribution in [1.29, 1.82) is 0 Å². The average molecular weight is 373 g/mol. The number of urea groups is 1. The number of nitrogens with one attached hydrogen (secondary N) is 2. The number of anilines is 1. The van der Waals surface area contributed by atoms with Gasteiger partial charge in [-0.2, -0.15) is 13.2 Å². The van der Waals surface area contributed by atoms with Crippen molar-refractivity contribution < 1.29 is 22.8 Å². The molecule has 0 aliphatic heterocycles. The summed E-state index contributed by atoms with van der Waals surface area (Å²) in [5.74, 6) is 0. The molecule has 2 aromatic carbocycles. The highest BCUT2D eigenvalue weighted by Crippen LogP contribution is 2.18. The lowest BCUT2D eigenvalue weighted by atomic mass is 10.2. The van der Waals surface area contributed by atoms with E-state index in [1.54, 1.807) is 12.1 Å². The Bertz CT molecular complexity index is 701. The molecule has 134 valence electrons. The molecular weight excluding hydrogens is 357 g/mol. The van der Waals surface area contributed by atoms with Gasteiger partial charge in [-0.05, 0) is 23.8 Å². The van der Waals surface area contributed by atoms with Crippen molar-refractivity contribution in [2.24, 2.45) is 0 Å². The molecule has 0 fully saturated rings. The summed E-state index contributed by atoms with van der Waals surface area (Å²) in [4.78, 5) is 22.7. The van der Waals surface area contributed by atoms with Crippen molar-refractivity contribution in [3.05, 3.63) is 64.7 Å². The van der Waals surface area contributed by atoms with Crippen LogP contribution in [-0.4, -0.2) is 18.5 Å². The van der Waals surface area contributed by atoms with Crippen LogP contribution in [0.3, 0.4) is 0 Å². The summed E-state index contributed by atoms with van der Waals surface area (Å²) in [6.45, 7) is 0.601. The first-order valence-corrected chi connectivity index (χ1v) is 7.47. The molecule has 2 amide bonds. The number of rotatable bonds is 4. The second-order valence-electron chi connectivity index (χ2n) is 4.92. The van der Waals surface area contributed by atoms with Crippen molar-refractivity contribution in [3.63, 3.8) is 0 Å². The first-order chi connectivity index (χ1) is 11.7. The highest BCUT2D eigenvalue weighted by molar-refractivity contribution is 6.31. The molecule has 0 heterocycles. The zero-order valence-corrected chi connectivity index (χ0v) is 14.0. The molecule has 0 aromatic heterocycles. The monoisotopic (exact) mass is 372 g/mol. The van der Waals surface area contributed by atoms with Crippen molar-refractivity contribution in [3.8, 4) is 0 Å². The summed E-state index contributed by atoms with van der Waals surface area (Å²) in [6, 6.07) is 13.9. The van der Waals surface area contributed by atoms with Crippen molar-refractivity contribution in [1.82, 2.24) is 5.32 Å². The van der Waals surface area contributed by atoms with Crippen LogP contribution in [-0.2, 0) is 6.54 Å². The van der Waals surface area contributed by atoms with Gasteiger partial charge in [0.1, 0.15) is 0 Å². The maximum atomic E-state index is 11.8. The lowest BCUT2D eigenvalue weighted by molar-refractivity contribution is -0.110. The fraction of sp³-hybridized carbons (Fsp3) is 0.176. The molecule has 2 rings (SSSR count). The summed E-state index contributed by atoms with van der Waals surface area (Å²) < 4.78 is 31.1. The number of carbonyl (C=O) groups excluding carboxylic acids is 2. The molecule has 8 heteroatoms. The van der Waals surface area contributed by atoms with Crippen LogP contribution in [0.5, 0.6) is 0 Å². The van der Waals surface area contributed by atoms with E-state index in [1.807, 2.05) is 30.3 Å². The Labute approximate surface area is 148 Å². The molecule has 0 unspecified atom stereocenters. The number of halogens is 4. The van der Waals surface area contributed by atoms with E-state index in [-0.39, 0.29) is 13.0 Å². The number of amides is 2. The average Bonchev–Trinajstić information content (AvgIpc) is 2.54. The second-order valence-corrected chi connectivity index (χ2v) is 5.36. The molecule has 2 N–H and O–H groups in total. The number of hydrogen-bond donors (Lipinski definition) is 2.